The number of carbonyl (C=O) groups is 1. The summed E-state index contributed by atoms with van der Waals surface area (Å²) in [6.07, 6.45) is 2.60. The summed E-state index contributed by atoms with van der Waals surface area (Å²) in [6, 6.07) is 7.15. The van der Waals surface area contributed by atoms with Crippen molar-refractivity contribution in [2.75, 3.05) is 18.5 Å². The van der Waals surface area contributed by atoms with Crippen LogP contribution in [0.2, 0.25) is 0 Å². The number of amides is 1. The number of nitrogens with two attached hydrogens (primary N) is 1. The summed E-state index contributed by atoms with van der Waals surface area (Å²) in [7, 11) is 1.68. The molecule has 0 aliphatic carbocycles. The third-order valence-corrected chi connectivity index (χ3v) is 5.84. The minimum absolute atomic E-state index is 0.00230. The highest BCUT2D eigenvalue weighted by Gasteiger charge is 2.35. The molecule has 0 saturated carbocycles. The lowest BCUT2D eigenvalue weighted by molar-refractivity contribution is -0.126. The third kappa shape index (κ3) is 3.64. The molecule has 3 aromatic rings. The Labute approximate surface area is 174 Å². The van der Waals surface area contributed by atoms with Crippen LogP contribution in [-0.2, 0) is 17.9 Å². The van der Waals surface area contributed by atoms with Crippen LogP contribution in [0, 0.1) is 0 Å². The van der Waals surface area contributed by atoms with Crippen LogP contribution in [-0.4, -0.2) is 38.8 Å². The zero-order chi connectivity index (χ0) is 21.3. The number of pyridine rings is 1. The second-order valence-electron chi connectivity index (χ2n) is 6.70. The van der Waals surface area contributed by atoms with Gasteiger partial charge in [0.15, 0.2) is 0 Å². The number of nitrogens with zero attached hydrogens (tertiary/aromatic N) is 5. The topological polar surface area (TPSA) is 108 Å². The van der Waals surface area contributed by atoms with Crippen LogP contribution in [0.15, 0.2) is 53.5 Å². The number of halogens is 1. The highest BCUT2D eigenvalue weighted by molar-refractivity contribution is 7.12. The molecule has 1 amide bonds. The van der Waals surface area contributed by atoms with Crippen molar-refractivity contribution in [3.05, 3.63) is 68.9 Å². The number of ether oxygens (including phenoxy) is 1. The molecular weight excluding hydrogens is 411 g/mol. The van der Waals surface area contributed by atoms with Crippen LogP contribution >= 0.6 is 11.3 Å². The lowest BCUT2D eigenvalue weighted by Crippen LogP contribution is -2.38. The lowest BCUT2D eigenvalue weighted by Gasteiger charge is -2.30. The van der Waals surface area contributed by atoms with Gasteiger partial charge in [0.1, 0.15) is 12.0 Å². The molecule has 0 fully saturated rings. The van der Waals surface area contributed by atoms with Gasteiger partial charge in [-0.2, -0.15) is 5.10 Å². The highest BCUT2D eigenvalue weighted by atomic mass is 32.1. The van der Waals surface area contributed by atoms with Gasteiger partial charge in [-0.3, -0.25) is 9.36 Å². The molecule has 1 aliphatic rings. The first-order valence-electron chi connectivity index (χ1n) is 9.10. The van der Waals surface area contributed by atoms with Crippen molar-refractivity contribution in [3.8, 4) is 5.88 Å². The Morgan fingerprint density at radius 1 is 1.37 bits per heavy atom. The van der Waals surface area contributed by atoms with E-state index in [0.717, 1.165) is 9.56 Å². The van der Waals surface area contributed by atoms with Crippen LogP contribution in [0.5, 0.6) is 5.88 Å². The molecule has 9 nitrogen and oxygen atoms in total. The largest absolute Gasteiger partial charge is 0.457 e. The smallest absolute Gasteiger partial charge is 0.346 e. The molecule has 0 radical (unpaired) electrons. The Balaban J connectivity index is 1.53. The summed E-state index contributed by atoms with van der Waals surface area (Å²) in [6.45, 7) is 0.274. The average molecular weight is 430 g/mol. The van der Waals surface area contributed by atoms with Gasteiger partial charge in [0.25, 0.3) is 5.91 Å². The Kier molecular flexibility index (Phi) is 5.46. The van der Waals surface area contributed by atoms with E-state index in [-0.39, 0.29) is 36.8 Å². The van der Waals surface area contributed by atoms with Gasteiger partial charge < -0.3 is 15.4 Å². The van der Waals surface area contributed by atoms with Crippen LogP contribution in [0.4, 0.5) is 10.1 Å². The number of fused-ring (bicyclic) bond motifs is 1. The minimum Gasteiger partial charge on any atom is -0.457 e. The number of hydrogen-bond donors (Lipinski definition) is 1. The van der Waals surface area contributed by atoms with E-state index < -0.39 is 6.10 Å². The SMILES string of the molecule is CN1C(=O)C(c2ccc(Cn3cnn(C/C(=C/F)CN)c3=O)s2)Oc2ncccc21. The summed E-state index contributed by atoms with van der Waals surface area (Å²) in [5.74, 6) is 0.204. The maximum absolute atomic E-state index is 12.7. The van der Waals surface area contributed by atoms with E-state index in [2.05, 4.69) is 10.1 Å². The summed E-state index contributed by atoms with van der Waals surface area (Å²) < 4.78 is 21.1. The lowest BCUT2D eigenvalue weighted by atomic mass is 10.2. The monoisotopic (exact) mass is 430 g/mol. The van der Waals surface area contributed by atoms with Crippen molar-refractivity contribution in [2.45, 2.75) is 19.2 Å². The van der Waals surface area contributed by atoms with Gasteiger partial charge in [0.05, 0.1) is 24.3 Å². The van der Waals surface area contributed by atoms with E-state index in [1.165, 1.54) is 27.1 Å². The van der Waals surface area contributed by atoms with E-state index in [0.29, 0.717) is 22.8 Å². The quantitative estimate of drug-likeness (QED) is 0.634. The minimum atomic E-state index is -0.794. The number of thiophene rings is 1. The predicted molar refractivity (Wildman–Crippen MR) is 109 cm³/mol. The van der Waals surface area contributed by atoms with Crippen molar-refractivity contribution in [3.63, 3.8) is 0 Å². The fourth-order valence-electron chi connectivity index (χ4n) is 3.08. The molecule has 0 aromatic carbocycles. The van der Waals surface area contributed by atoms with Crippen molar-refractivity contribution in [1.29, 1.82) is 0 Å². The number of likely N-dealkylation sites (N-methyl/N-ethyl adjacent to an activating group) is 1. The molecule has 0 spiro atoms. The maximum atomic E-state index is 12.7. The van der Waals surface area contributed by atoms with Crippen LogP contribution in [0.1, 0.15) is 15.9 Å². The zero-order valence-corrected chi connectivity index (χ0v) is 16.9. The average Bonchev–Trinajstić information content (AvgIpc) is 3.36. The van der Waals surface area contributed by atoms with E-state index in [9.17, 15) is 14.0 Å². The molecule has 2 N–H and O–H groups in total. The molecule has 156 valence electrons. The molecule has 4 rings (SSSR count). The molecule has 0 bridgehead atoms. The molecule has 30 heavy (non-hydrogen) atoms. The first kappa shape index (κ1) is 20.0. The summed E-state index contributed by atoms with van der Waals surface area (Å²) in [5.41, 5.74) is 5.95. The number of aromatic nitrogens is 4. The highest BCUT2D eigenvalue weighted by Crippen LogP contribution is 2.38. The normalized spacial score (nSPS) is 16.5. The zero-order valence-electron chi connectivity index (χ0n) is 16.1. The Bertz CT molecular complexity index is 1170. The molecule has 0 saturated heterocycles. The van der Waals surface area contributed by atoms with Gasteiger partial charge in [0.2, 0.25) is 12.0 Å². The summed E-state index contributed by atoms with van der Waals surface area (Å²) >= 11 is 1.37. The van der Waals surface area contributed by atoms with Gasteiger partial charge in [-0.1, -0.05) is 0 Å². The number of rotatable bonds is 6. The van der Waals surface area contributed by atoms with Gasteiger partial charge in [-0.15, -0.1) is 11.3 Å². The summed E-state index contributed by atoms with van der Waals surface area (Å²) in [5, 5.41) is 4.01. The van der Waals surface area contributed by atoms with Gasteiger partial charge in [0, 0.05) is 24.7 Å². The number of carbonyl (C=O) groups excluding carboxylic acids is 1. The van der Waals surface area contributed by atoms with Gasteiger partial charge in [-0.25, -0.2) is 18.9 Å². The number of hydrogen-bond acceptors (Lipinski definition) is 7. The van der Waals surface area contributed by atoms with E-state index in [1.807, 2.05) is 6.07 Å². The summed E-state index contributed by atoms with van der Waals surface area (Å²) in [4.78, 5) is 32.5. The van der Waals surface area contributed by atoms with Crippen LogP contribution < -0.4 is 21.1 Å². The van der Waals surface area contributed by atoms with Crippen molar-refractivity contribution in [2.24, 2.45) is 5.73 Å². The molecule has 3 aromatic heterocycles. The van der Waals surface area contributed by atoms with Gasteiger partial charge >= 0.3 is 5.69 Å². The molecule has 1 unspecified atom stereocenters. The molecule has 1 atom stereocenters. The standard InChI is InChI=1S/C19H19FN6O3S/c1-24-14-3-2-6-22-17(14)29-16(18(24)27)15-5-4-13(30-15)10-25-11-23-26(19(25)28)9-12(7-20)8-21/h2-7,11,16H,8-10,21H2,1H3/b12-7+. The van der Waals surface area contributed by atoms with E-state index in [1.54, 1.807) is 31.4 Å². The Morgan fingerprint density at radius 3 is 2.97 bits per heavy atom. The fourth-order valence-corrected chi connectivity index (χ4v) is 4.11. The molecule has 4 heterocycles. The fraction of sp³-hybridized carbons (Fsp3) is 0.263. The third-order valence-electron chi connectivity index (χ3n) is 4.73. The van der Waals surface area contributed by atoms with Crippen molar-refractivity contribution >= 4 is 22.9 Å². The van der Waals surface area contributed by atoms with Crippen LogP contribution in [0.25, 0.3) is 0 Å². The van der Waals surface area contributed by atoms with E-state index in [4.69, 9.17) is 10.5 Å². The number of anilines is 1. The Hall–Kier alpha value is -3.31. The first-order valence-corrected chi connectivity index (χ1v) is 9.91. The predicted octanol–water partition coefficient (Wildman–Crippen LogP) is 1.46. The second-order valence-corrected chi connectivity index (χ2v) is 7.90. The van der Waals surface area contributed by atoms with Crippen molar-refractivity contribution < 1.29 is 13.9 Å². The molecule has 1 aliphatic heterocycles. The molecule has 11 heteroatoms. The van der Waals surface area contributed by atoms with Crippen LogP contribution in [0.3, 0.4) is 0 Å². The van der Waals surface area contributed by atoms with Crippen molar-refractivity contribution in [1.82, 2.24) is 19.3 Å². The van der Waals surface area contributed by atoms with E-state index >= 15 is 0 Å². The van der Waals surface area contributed by atoms with Gasteiger partial charge in [-0.05, 0) is 29.8 Å². The Morgan fingerprint density at radius 2 is 2.20 bits per heavy atom. The first-order chi connectivity index (χ1) is 14.5. The maximum Gasteiger partial charge on any atom is 0.346 e. The second kappa shape index (κ2) is 8.20. The molecular formula is C19H19FN6O3S.